The second kappa shape index (κ2) is 7.56. The predicted octanol–water partition coefficient (Wildman–Crippen LogP) is -0.0640. The molecule has 7 nitrogen and oxygen atoms in total. The molecule has 0 aromatic heterocycles. The molecule has 0 aliphatic carbocycles. The lowest BCUT2D eigenvalue weighted by Gasteiger charge is -2.15. The van der Waals surface area contributed by atoms with Crippen molar-refractivity contribution in [3.05, 3.63) is 29.8 Å². The number of benzene rings is 1. The fourth-order valence-corrected chi connectivity index (χ4v) is 2.26. The Labute approximate surface area is 128 Å². The minimum Gasteiger partial charge on any atom is -0.346 e. The maximum atomic E-state index is 12.2. The maximum Gasteiger partial charge on any atom is 0.253 e. The number of nitrogens with two attached hydrogens (primary N) is 1. The number of amides is 3. The molecule has 4 N–H and O–H groups in total. The van der Waals surface area contributed by atoms with E-state index in [1.165, 1.54) is 0 Å². The number of likely N-dealkylation sites (tertiary alicyclic amines) is 1. The summed E-state index contributed by atoms with van der Waals surface area (Å²) in [5.74, 6) is -0.715. The van der Waals surface area contributed by atoms with E-state index in [4.69, 9.17) is 5.73 Å². The smallest absolute Gasteiger partial charge is 0.253 e. The second-order valence-corrected chi connectivity index (χ2v) is 5.11. The summed E-state index contributed by atoms with van der Waals surface area (Å²) in [7, 11) is 0. The highest BCUT2D eigenvalue weighted by molar-refractivity contribution is 5.97. The van der Waals surface area contributed by atoms with Gasteiger partial charge in [-0.25, -0.2) is 0 Å². The van der Waals surface area contributed by atoms with Crippen molar-refractivity contribution in [1.82, 2.24) is 10.2 Å². The molecule has 0 bridgehead atoms. The molecule has 118 valence electrons. The molecule has 1 aliphatic heterocycles. The van der Waals surface area contributed by atoms with Gasteiger partial charge in [-0.15, -0.1) is 0 Å². The van der Waals surface area contributed by atoms with Gasteiger partial charge >= 0.3 is 0 Å². The highest BCUT2D eigenvalue weighted by Gasteiger charge is 2.19. The van der Waals surface area contributed by atoms with Crippen molar-refractivity contribution in [3.8, 4) is 0 Å². The molecule has 0 saturated carbocycles. The number of rotatable bonds is 5. The zero-order valence-electron chi connectivity index (χ0n) is 12.3. The number of nitrogens with zero attached hydrogens (tertiary/aromatic N) is 1. The number of anilines is 1. The van der Waals surface area contributed by atoms with Crippen molar-refractivity contribution in [1.29, 1.82) is 0 Å². The molecule has 22 heavy (non-hydrogen) atoms. The van der Waals surface area contributed by atoms with E-state index in [1.807, 2.05) is 4.90 Å². The molecule has 3 amide bonds. The summed E-state index contributed by atoms with van der Waals surface area (Å²) in [5.41, 5.74) is 6.31. The molecule has 0 unspecified atom stereocenters. The van der Waals surface area contributed by atoms with Gasteiger partial charge < -0.3 is 21.3 Å². The normalized spacial score (nSPS) is 13.8. The Morgan fingerprint density at radius 1 is 1.05 bits per heavy atom. The van der Waals surface area contributed by atoms with E-state index in [-0.39, 0.29) is 30.8 Å². The van der Waals surface area contributed by atoms with E-state index in [0.29, 0.717) is 11.3 Å². The Kier molecular flexibility index (Phi) is 5.48. The van der Waals surface area contributed by atoms with Crippen LogP contribution in [0, 0.1) is 0 Å². The maximum absolute atomic E-state index is 12.2. The number of nitrogens with one attached hydrogen (secondary N) is 2. The van der Waals surface area contributed by atoms with Crippen LogP contribution in [0.4, 0.5) is 5.69 Å². The molecular formula is C15H20N4O3. The molecule has 1 saturated heterocycles. The average Bonchev–Trinajstić information content (AvgIpc) is 3.07. The van der Waals surface area contributed by atoms with Crippen LogP contribution < -0.4 is 16.4 Å². The fourth-order valence-electron chi connectivity index (χ4n) is 2.26. The zero-order valence-corrected chi connectivity index (χ0v) is 12.3. The van der Waals surface area contributed by atoms with Crippen LogP contribution in [-0.2, 0) is 9.59 Å². The topological polar surface area (TPSA) is 105 Å². The largest absolute Gasteiger partial charge is 0.346 e. The van der Waals surface area contributed by atoms with E-state index in [1.54, 1.807) is 24.3 Å². The molecule has 0 spiro atoms. The standard InChI is InChI=1S/C15H20N4O3/c16-9-13(20)17-10-14(21)18-12-5-3-11(4-6-12)15(22)19-7-1-2-8-19/h3-6H,1-2,7-10,16H2,(H,17,20)(H,18,21). The van der Waals surface area contributed by atoms with Crippen molar-refractivity contribution < 1.29 is 14.4 Å². The summed E-state index contributed by atoms with van der Waals surface area (Å²) in [5, 5.41) is 5.02. The van der Waals surface area contributed by atoms with Crippen LogP contribution in [0.5, 0.6) is 0 Å². The Bertz CT molecular complexity index is 550. The predicted molar refractivity (Wildman–Crippen MR) is 82.3 cm³/mol. The van der Waals surface area contributed by atoms with E-state index < -0.39 is 0 Å². The van der Waals surface area contributed by atoms with Gasteiger partial charge in [0.05, 0.1) is 13.1 Å². The molecule has 0 radical (unpaired) electrons. The number of hydrogen-bond donors (Lipinski definition) is 3. The van der Waals surface area contributed by atoms with Crippen LogP contribution in [0.1, 0.15) is 23.2 Å². The van der Waals surface area contributed by atoms with E-state index in [0.717, 1.165) is 25.9 Å². The van der Waals surface area contributed by atoms with Crippen LogP contribution >= 0.6 is 0 Å². The van der Waals surface area contributed by atoms with Crippen molar-refractivity contribution in [2.75, 3.05) is 31.5 Å². The first-order valence-electron chi connectivity index (χ1n) is 7.26. The summed E-state index contributed by atoms with van der Waals surface area (Å²) in [6, 6.07) is 6.72. The minimum absolute atomic E-state index is 0.0191. The lowest BCUT2D eigenvalue weighted by molar-refractivity contribution is -0.123. The summed E-state index contributed by atoms with van der Waals surface area (Å²) >= 11 is 0. The number of carbonyl (C=O) groups is 3. The van der Waals surface area contributed by atoms with Crippen LogP contribution in [0.25, 0.3) is 0 Å². The molecule has 1 aromatic rings. The molecule has 0 atom stereocenters. The van der Waals surface area contributed by atoms with E-state index >= 15 is 0 Å². The SMILES string of the molecule is NCC(=O)NCC(=O)Nc1ccc(C(=O)N2CCCC2)cc1. The number of hydrogen-bond acceptors (Lipinski definition) is 4. The summed E-state index contributed by atoms with van der Waals surface area (Å²) in [6.07, 6.45) is 2.10. The Morgan fingerprint density at radius 2 is 1.68 bits per heavy atom. The van der Waals surface area contributed by atoms with Gasteiger partial charge in [0.2, 0.25) is 11.8 Å². The molecular weight excluding hydrogens is 284 g/mol. The highest BCUT2D eigenvalue weighted by Crippen LogP contribution is 2.15. The second-order valence-electron chi connectivity index (χ2n) is 5.11. The summed E-state index contributed by atoms with van der Waals surface area (Å²) in [4.78, 5) is 36.6. The molecule has 2 rings (SSSR count). The van der Waals surface area contributed by atoms with Crippen molar-refractivity contribution in [2.45, 2.75) is 12.8 Å². The summed E-state index contributed by atoms with van der Waals surface area (Å²) in [6.45, 7) is 1.32. The Morgan fingerprint density at radius 3 is 2.27 bits per heavy atom. The lowest BCUT2D eigenvalue weighted by Crippen LogP contribution is -2.36. The van der Waals surface area contributed by atoms with Crippen molar-refractivity contribution in [2.24, 2.45) is 5.73 Å². The zero-order chi connectivity index (χ0) is 15.9. The minimum atomic E-state index is -0.387. The fraction of sp³-hybridized carbons (Fsp3) is 0.400. The summed E-state index contributed by atoms with van der Waals surface area (Å²) < 4.78 is 0. The van der Waals surface area contributed by atoms with Crippen LogP contribution in [0.15, 0.2) is 24.3 Å². The quantitative estimate of drug-likeness (QED) is 0.708. The van der Waals surface area contributed by atoms with E-state index in [9.17, 15) is 14.4 Å². The van der Waals surface area contributed by atoms with Crippen LogP contribution in [0.2, 0.25) is 0 Å². The Hall–Kier alpha value is -2.41. The third-order valence-corrected chi connectivity index (χ3v) is 3.44. The van der Waals surface area contributed by atoms with Gasteiger partial charge in [0.25, 0.3) is 5.91 Å². The Balaban J connectivity index is 1.87. The van der Waals surface area contributed by atoms with Gasteiger partial charge in [-0.2, -0.15) is 0 Å². The van der Waals surface area contributed by atoms with Crippen LogP contribution in [0.3, 0.4) is 0 Å². The third-order valence-electron chi connectivity index (χ3n) is 3.44. The molecule has 1 aromatic carbocycles. The first kappa shape index (κ1) is 16.0. The monoisotopic (exact) mass is 304 g/mol. The molecule has 1 fully saturated rings. The average molecular weight is 304 g/mol. The molecule has 7 heteroatoms. The van der Waals surface area contributed by atoms with Gasteiger partial charge in [-0.1, -0.05) is 0 Å². The highest BCUT2D eigenvalue weighted by atomic mass is 16.2. The lowest BCUT2D eigenvalue weighted by atomic mass is 10.2. The van der Waals surface area contributed by atoms with Gasteiger partial charge in [-0.3, -0.25) is 14.4 Å². The van der Waals surface area contributed by atoms with Crippen molar-refractivity contribution >= 4 is 23.4 Å². The van der Waals surface area contributed by atoms with Crippen LogP contribution in [-0.4, -0.2) is 48.8 Å². The third kappa shape index (κ3) is 4.29. The molecule has 1 heterocycles. The van der Waals surface area contributed by atoms with E-state index in [2.05, 4.69) is 10.6 Å². The van der Waals surface area contributed by atoms with Gasteiger partial charge in [-0.05, 0) is 37.1 Å². The van der Waals surface area contributed by atoms with Gasteiger partial charge in [0.1, 0.15) is 0 Å². The first-order valence-corrected chi connectivity index (χ1v) is 7.26. The van der Waals surface area contributed by atoms with Crippen molar-refractivity contribution in [3.63, 3.8) is 0 Å². The first-order chi connectivity index (χ1) is 10.6. The molecule has 1 aliphatic rings. The van der Waals surface area contributed by atoms with Gasteiger partial charge in [0.15, 0.2) is 0 Å². The number of carbonyl (C=O) groups excluding carboxylic acids is 3. The van der Waals surface area contributed by atoms with Gasteiger partial charge in [0, 0.05) is 24.3 Å².